The van der Waals surface area contributed by atoms with Crippen LogP contribution in [0.15, 0.2) is 36.4 Å². The third-order valence-electron chi connectivity index (χ3n) is 2.52. The van der Waals surface area contributed by atoms with Crippen LogP contribution in [-0.4, -0.2) is 7.05 Å². The molecule has 0 bridgehead atoms. The van der Waals surface area contributed by atoms with E-state index >= 15 is 0 Å². The van der Waals surface area contributed by atoms with Crippen LogP contribution in [-0.2, 0) is 6.54 Å². The molecule has 100 valence electrons. The minimum Gasteiger partial charge on any atom is -0.457 e. The summed E-state index contributed by atoms with van der Waals surface area (Å²) >= 11 is 6.08. The predicted molar refractivity (Wildman–Crippen MR) is 70.6 cm³/mol. The minimum atomic E-state index is -0.949. The van der Waals surface area contributed by atoms with Gasteiger partial charge < -0.3 is 10.1 Å². The van der Waals surface area contributed by atoms with Crippen molar-refractivity contribution in [2.45, 2.75) is 6.54 Å². The van der Waals surface area contributed by atoms with Gasteiger partial charge in [-0.1, -0.05) is 17.7 Å². The molecule has 0 saturated carbocycles. The number of rotatable bonds is 4. The number of ether oxygens (including phenoxy) is 1. The van der Waals surface area contributed by atoms with Gasteiger partial charge in [-0.3, -0.25) is 0 Å². The molecule has 0 heterocycles. The molecule has 19 heavy (non-hydrogen) atoms. The monoisotopic (exact) mass is 283 g/mol. The molecule has 2 aromatic carbocycles. The molecule has 1 N–H and O–H groups in total. The third kappa shape index (κ3) is 3.43. The van der Waals surface area contributed by atoms with Crippen molar-refractivity contribution in [1.82, 2.24) is 5.32 Å². The Balaban J connectivity index is 2.19. The Morgan fingerprint density at radius 1 is 1.05 bits per heavy atom. The Hall–Kier alpha value is -1.65. The highest BCUT2D eigenvalue weighted by molar-refractivity contribution is 6.31. The Kier molecular flexibility index (Phi) is 4.35. The fourth-order valence-corrected chi connectivity index (χ4v) is 1.84. The fraction of sp³-hybridized carbons (Fsp3) is 0.143. The molecule has 2 rings (SSSR count). The van der Waals surface area contributed by atoms with E-state index < -0.39 is 11.6 Å². The molecule has 0 atom stereocenters. The van der Waals surface area contributed by atoms with E-state index in [-0.39, 0.29) is 5.75 Å². The molecule has 0 amide bonds. The maximum atomic E-state index is 13.0. The van der Waals surface area contributed by atoms with Gasteiger partial charge in [0.25, 0.3) is 0 Å². The summed E-state index contributed by atoms with van der Waals surface area (Å²) in [6.07, 6.45) is 0. The Morgan fingerprint density at radius 2 is 1.74 bits per heavy atom. The maximum Gasteiger partial charge on any atom is 0.162 e. The van der Waals surface area contributed by atoms with Crippen LogP contribution in [0.3, 0.4) is 0 Å². The van der Waals surface area contributed by atoms with Crippen molar-refractivity contribution in [3.63, 3.8) is 0 Å². The quantitative estimate of drug-likeness (QED) is 0.911. The van der Waals surface area contributed by atoms with Crippen molar-refractivity contribution in [2.75, 3.05) is 7.05 Å². The first-order valence-corrected chi connectivity index (χ1v) is 6.04. The van der Waals surface area contributed by atoms with Crippen molar-refractivity contribution in [1.29, 1.82) is 0 Å². The lowest BCUT2D eigenvalue weighted by Crippen LogP contribution is -2.05. The van der Waals surface area contributed by atoms with Crippen LogP contribution in [0.5, 0.6) is 11.5 Å². The second-order valence-corrected chi connectivity index (χ2v) is 4.37. The highest BCUT2D eigenvalue weighted by Gasteiger charge is 2.06. The van der Waals surface area contributed by atoms with E-state index in [2.05, 4.69) is 5.32 Å². The normalized spacial score (nSPS) is 10.5. The second-order valence-electron chi connectivity index (χ2n) is 3.96. The first-order chi connectivity index (χ1) is 9.10. The SMILES string of the molecule is CNCc1ccc(Oc2ccc(F)c(F)c2)cc1Cl. The van der Waals surface area contributed by atoms with E-state index in [9.17, 15) is 8.78 Å². The maximum absolute atomic E-state index is 13.0. The standard InChI is InChI=1S/C14H12ClF2NO/c1-18-8-9-2-3-10(6-12(9)15)19-11-4-5-13(16)14(17)7-11/h2-7,18H,8H2,1H3. The van der Waals surface area contributed by atoms with Gasteiger partial charge in [0.1, 0.15) is 11.5 Å². The van der Waals surface area contributed by atoms with Crippen molar-refractivity contribution >= 4 is 11.6 Å². The van der Waals surface area contributed by atoms with Crippen LogP contribution in [0, 0.1) is 11.6 Å². The van der Waals surface area contributed by atoms with Crippen LogP contribution in [0.2, 0.25) is 5.02 Å². The van der Waals surface area contributed by atoms with Crippen LogP contribution in [0.25, 0.3) is 0 Å². The summed E-state index contributed by atoms with van der Waals surface area (Å²) in [4.78, 5) is 0. The smallest absolute Gasteiger partial charge is 0.162 e. The van der Waals surface area contributed by atoms with Gasteiger partial charge in [0.05, 0.1) is 0 Å². The van der Waals surface area contributed by atoms with Crippen molar-refractivity contribution < 1.29 is 13.5 Å². The summed E-state index contributed by atoms with van der Waals surface area (Å²) in [6.45, 7) is 0.643. The number of nitrogens with one attached hydrogen (secondary N) is 1. The average Bonchev–Trinajstić information content (AvgIpc) is 2.37. The first kappa shape index (κ1) is 13.8. The van der Waals surface area contributed by atoms with Gasteiger partial charge in [0.15, 0.2) is 11.6 Å². The fourth-order valence-electron chi connectivity index (χ4n) is 1.60. The summed E-state index contributed by atoms with van der Waals surface area (Å²) in [5.74, 6) is -1.17. The molecular formula is C14H12ClF2NO. The summed E-state index contributed by atoms with van der Waals surface area (Å²) in [5.41, 5.74) is 0.932. The largest absolute Gasteiger partial charge is 0.457 e. The third-order valence-corrected chi connectivity index (χ3v) is 2.87. The van der Waals surface area contributed by atoms with Crippen molar-refractivity contribution in [2.24, 2.45) is 0 Å². The topological polar surface area (TPSA) is 21.3 Å². The zero-order chi connectivity index (χ0) is 13.8. The lowest BCUT2D eigenvalue weighted by molar-refractivity contribution is 0.461. The molecule has 0 aliphatic heterocycles. The van der Waals surface area contributed by atoms with E-state index in [1.807, 2.05) is 13.1 Å². The van der Waals surface area contributed by atoms with Crippen molar-refractivity contribution in [3.05, 3.63) is 58.6 Å². The summed E-state index contributed by atoms with van der Waals surface area (Å²) < 4.78 is 31.2. The van der Waals surface area contributed by atoms with Gasteiger partial charge in [0, 0.05) is 17.6 Å². The zero-order valence-electron chi connectivity index (χ0n) is 10.2. The lowest BCUT2D eigenvalue weighted by atomic mass is 10.2. The number of hydrogen-bond acceptors (Lipinski definition) is 2. The Morgan fingerprint density at radius 3 is 2.37 bits per heavy atom. The van der Waals surface area contributed by atoms with E-state index in [4.69, 9.17) is 16.3 Å². The molecule has 2 nitrogen and oxygen atoms in total. The van der Waals surface area contributed by atoms with Gasteiger partial charge in [-0.25, -0.2) is 8.78 Å². The number of halogens is 3. The molecule has 0 unspecified atom stereocenters. The average molecular weight is 284 g/mol. The number of benzene rings is 2. The minimum absolute atomic E-state index is 0.219. The van der Waals surface area contributed by atoms with Gasteiger partial charge in [-0.15, -0.1) is 0 Å². The molecular weight excluding hydrogens is 272 g/mol. The second kappa shape index (κ2) is 5.99. The molecule has 0 spiro atoms. The highest BCUT2D eigenvalue weighted by atomic mass is 35.5. The molecule has 0 aliphatic carbocycles. The summed E-state index contributed by atoms with van der Waals surface area (Å²) in [6, 6.07) is 8.53. The van der Waals surface area contributed by atoms with Crippen LogP contribution in [0.1, 0.15) is 5.56 Å². The van der Waals surface area contributed by atoms with Crippen LogP contribution < -0.4 is 10.1 Å². The summed E-state index contributed by atoms with van der Waals surface area (Å²) in [5, 5.41) is 3.54. The van der Waals surface area contributed by atoms with E-state index in [0.29, 0.717) is 17.3 Å². The molecule has 5 heteroatoms. The van der Waals surface area contributed by atoms with Crippen molar-refractivity contribution in [3.8, 4) is 11.5 Å². The van der Waals surface area contributed by atoms with E-state index in [0.717, 1.165) is 17.7 Å². The molecule has 0 aromatic heterocycles. The molecule has 2 aromatic rings. The van der Waals surface area contributed by atoms with Gasteiger partial charge in [0.2, 0.25) is 0 Å². The van der Waals surface area contributed by atoms with Gasteiger partial charge in [-0.05, 0) is 36.9 Å². The zero-order valence-corrected chi connectivity index (χ0v) is 11.0. The predicted octanol–water partition coefficient (Wildman–Crippen LogP) is 4.13. The van der Waals surface area contributed by atoms with Gasteiger partial charge in [-0.2, -0.15) is 0 Å². The molecule has 0 aliphatic rings. The van der Waals surface area contributed by atoms with Gasteiger partial charge >= 0.3 is 0 Å². The highest BCUT2D eigenvalue weighted by Crippen LogP contribution is 2.27. The molecule has 0 radical (unpaired) electrons. The number of hydrogen-bond donors (Lipinski definition) is 1. The van der Waals surface area contributed by atoms with E-state index in [1.54, 1.807) is 12.1 Å². The first-order valence-electron chi connectivity index (χ1n) is 5.66. The Labute approximate surface area is 115 Å². The molecule has 0 fully saturated rings. The molecule has 0 saturated heterocycles. The Bertz CT molecular complexity index is 590. The lowest BCUT2D eigenvalue weighted by Gasteiger charge is -2.09. The van der Waals surface area contributed by atoms with Crippen LogP contribution in [0.4, 0.5) is 8.78 Å². The van der Waals surface area contributed by atoms with Crippen LogP contribution >= 0.6 is 11.6 Å². The summed E-state index contributed by atoms with van der Waals surface area (Å²) in [7, 11) is 1.82. The van der Waals surface area contributed by atoms with E-state index in [1.165, 1.54) is 6.07 Å².